The summed E-state index contributed by atoms with van der Waals surface area (Å²) in [4.78, 5) is 27.6. The third-order valence-corrected chi connectivity index (χ3v) is 6.76. The average Bonchev–Trinajstić information content (AvgIpc) is 3.48. The van der Waals surface area contributed by atoms with Crippen molar-refractivity contribution in [3.05, 3.63) is 45.7 Å². The maximum Gasteiger partial charge on any atom is 0.356 e. The van der Waals surface area contributed by atoms with Crippen LogP contribution in [-0.4, -0.2) is 62.0 Å². The van der Waals surface area contributed by atoms with Gasteiger partial charge in [-0.1, -0.05) is 16.8 Å². The van der Waals surface area contributed by atoms with Crippen molar-refractivity contribution in [3.63, 3.8) is 0 Å². The van der Waals surface area contributed by atoms with Gasteiger partial charge in [0.05, 0.1) is 15.8 Å². The Kier molecular flexibility index (Phi) is 8.17. The SMILES string of the molecule is CC(C)N1CCC(NC(=O)c2cc(C(=O)O)nn2Cc2cc(-c3ccc(Cl)s3)on2)CC1.Cl. The monoisotopic (exact) mass is 513 g/mol. The molecule has 33 heavy (non-hydrogen) atoms. The highest BCUT2D eigenvalue weighted by Gasteiger charge is 2.25. The van der Waals surface area contributed by atoms with E-state index in [-0.39, 0.29) is 42.3 Å². The molecular formula is C21H25Cl2N5O4S. The smallest absolute Gasteiger partial charge is 0.356 e. The van der Waals surface area contributed by atoms with Gasteiger partial charge in [-0.25, -0.2) is 4.79 Å². The quantitative estimate of drug-likeness (QED) is 0.490. The second-order valence-corrected chi connectivity index (χ2v) is 9.76. The topological polar surface area (TPSA) is 113 Å². The van der Waals surface area contributed by atoms with E-state index in [9.17, 15) is 14.7 Å². The Balaban J connectivity index is 0.00000306. The maximum absolute atomic E-state index is 13.0. The molecule has 1 aliphatic rings. The summed E-state index contributed by atoms with van der Waals surface area (Å²) >= 11 is 7.34. The Labute approximate surface area is 206 Å². The van der Waals surface area contributed by atoms with Crippen LogP contribution >= 0.6 is 35.3 Å². The molecule has 4 heterocycles. The van der Waals surface area contributed by atoms with Gasteiger partial charge in [0.25, 0.3) is 5.91 Å². The fraction of sp³-hybridized carbons (Fsp3) is 0.429. The molecule has 1 amide bonds. The normalized spacial score (nSPS) is 14.9. The van der Waals surface area contributed by atoms with E-state index in [0.29, 0.717) is 21.8 Å². The lowest BCUT2D eigenvalue weighted by molar-refractivity contribution is 0.0689. The molecular weight excluding hydrogens is 489 g/mol. The number of aromatic nitrogens is 3. The van der Waals surface area contributed by atoms with Crippen LogP contribution in [-0.2, 0) is 6.54 Å². The van der Waals surface area contributed by atoms with Crippen molar-refractivity contribution in [2.24, 2.45) is 0 Å². The van der Waals surface area contributed by atoms with Crippen LogP contribution in [0.1, 0.15) is 53.4 Å². The van der Waals surface area contributed by atoms with Crippen LogP contribution in [0.25, 0.3) is 10.6 Å². The molecule has 2 N–H and O–H groups in total. The molecule has 0 saturated carbocycles. The van der Waals surface area contributed by atoms with E-state index in [4.69, 9.17) is 16.1 Å². The second-order valence-electron chi connectivity index (χ2n) is 8.04. The van der Waals surface area contributed by atoms with Crippen molar-refractivity contribution >= 4 is 47.2 Å². The first-order chi connectivity index (χ1) is 15.3. The lowest BCUT2D eigenvalue weighted by Gasteiger charge is -2.34. The molecule has 0 radical (unpaired) electrons. The number of rotatable bonds is 7. The summed E-state index contributed by atoms with van der Waals surface area (Å²) in [5.74, 6) is -0.996. The lowest BCUT2D eigenvalue weighted by Crippen LogP contribution is -2.46. The van der Waals surface area contributed by atoms with Gasteiger partial charge >= 0.3 is 5.97 Å². The first-order valence-electron chi connectivity index (χ1n) is 10.4. The average molecular weight is 514 g/mol. The summed E-state index contributed by atoms with van der Waals surface area (Å²) in [6.07, 6.45) is 1.69. The molecule has 0 atom stereocenters. The highest BCUT2D eigenvalue weighted by atomic mass is 35.5. The molecule has 0 aliphatic carbocycles. The van der Waals surface area contributed by atoms with Crippen molar-refractivity contribution in [2.45, 2.75) is 45.3 Å². The Morgan fingerprint density at radius 1 is 1.30 bits per heavy atom. The lowest BCUT2D eigenvalue weighted by atomic mass is 10.0. The first-order valence-corrected chi connectivity index (χ1v) is 11.6. The van der Waals surface area contributed by atoms with Crippen molar-refractivity contribution in [3.8, 4) is 10.6 Å². The van der Waals surface area contributed by atoms with Gasteiger partial charge in [-0.15, -0.1) is 23.7 Å². The van der Waals surface area contributed by atoms with Gasteiger partial charge in [0.15, 0.2) is 11.5 Å². The van der Waals surface area contributed by atoms with E-state index in [0.717, 1.165) is 30.8 Å². The van der Waals surface area contributed by atoms with Crippen LogP contribution in [0.5, 0.6) is 0 Å². The van der Waals surface area contributed by atoms with Crippen LogP contribution in [0.4, 0.5) is 0 Å². The molecule has 9 nitrogen and oxygen atoms in total. The summed E-state index contributed by atoms with van der Waals surface area (Å²) in [5.41, 5.74) is 0.500. The Bertz CT molecular complexity index is 1120. The number of carbonyl (C=O) groups excluding carboxylic acids is 1. The number of thiophene rings is 1. The number of nitrogens with one attached hydrogen (secondary N) is 1. The summed E-state index contributed by atoms with van der Waals surface area (Å²) in [5, 5.41) is 20.5. The minimum absolute atomic E-state index is 0. The Hall–Kier alpha value is -2.40. The molecule has 0 spiro atoms. The Morgan fingerprint density at radius 2 is 2.03 bits per heavy atom. The minimum atomic E-state index is -1.20. The zero-order chi connectivity index (χ0) is 22.8. The molecule has 3 aromatic rings. The Morgan fingerprint density at radius 3 is 2.64 bits per heavy atom. The van der Waals surface area contributed by atoms with Gasteiger partial charge in [-0.05, 0) is 38.8 Å². The number of aromatic carboxylic acids is 1. The first kappa shape index (κ1) is 25.2. The zero-order valence-corrected chi connectivity index (χ0v) is 20.5. The zero-order valence-electron chi connectivity index (χ0n) is 18.2. The summed E-state index contributed by atoms with van der Waals surface area (Å²) in [6, 6.07) is 7.14. The van der Waals surface area contributed by atoms with E-state index in [2.05, 4.69) is 34.3 Å². The van der Waals surface area contributed by atoms with Gasteiger partial charge in [-0.3, -0.25) is 9.48 Å². The van der Waals surface area contributed by atoms with Gasteiger partial charge in [0.1, 0.15) is 11.4 Å². The van der Waals surface area contributed by atoms with Crippen molar-refractivity contribution in [2.75, 3.05) is 13.1 Å². The standard InChI is InChI=1S/C21H24ClN5O4S.ClH/c1-12(2)26-7-5-13(6-8-26)23-20(28)16-10-15(21(29)30)24-27(16)11-14-9-17(31-25-14)18-3-4-19(22)32-18;/h3-4,9-10,12-13H,5-8,11H2,1-2H3,(H,23,28)(H,29,30);1H. The van der Waals surface area contributed by atoms with Crippen molar-refractivity contribution < 1.29 is 19.2 Å². The molecule has 0 aromatic carbocycles. The number of likely N-dealkylation sites (tertiary alicyclic amines) is 1. The maximum atomic E-state index is 13.0. The van der Waals surface area contributed by atoms with Crippen LogP contribution in [0.15, 0.2) is 28.8 Å². The summed E-state index contributed by atoms with van der Waals surface area (Å²) in [6.45, 7) is 6.25. The molecule has 0 unspecified atom stereocenters. The summed E-state index contributed by atoms with van der Waals surface area (Å²) in [7, 11) is 0. The van der Waals surface area contributed by atoms with Gasteiger partial charge in [-0.2, -0.15) is 5.10 Å². The second kappa shape index (κ2) is 10.7. The number of nitrogens with zero attached hydrogens (tertiary/aromatic N) is 4. The molecule has 4 rings (SSSR count). The minimum Gasteiger partial charge on any atom is -0.476 e. The molecule has 3 aromatic heterocycles. The van der Waals surface area contributed by atoms with Crippen molar-refractivity contribution in [1.82, 2.24) is 25.2 Å². The number of hydrogen-bond donors (Lipinski definition) is 2. The van der Waals surface area contributed by atoms with Crippen LogP contribution in [0.3, 0.4) is 0 Å². The van der Waals surface area contributed by atoms with E-state index >= 15 is 0 Å². The van der Waals surface area contributed by atoms with Gasteiger partial charge in [0, 0.05) is 37.3 Å². The number of halogens is 2. The highest BCUT2D eigenvalue weighted by molar-refractivity contribution is 7.19. The van der Waals surface area contributed by atoms with Crippen LogP contribution in [0.2, 0.25) is 4.34 Å². The predicted molar refractivity (Wildman–Crippen MR) is 128 cm³/mol. The van der Waals surface area contributed by atoms with E-state index < -0.39 is 5.97 Å². The number of carboxylic acids is 1. The third kappa shape index (κ3) is 5.94. The highest BCUT2D eigenvalue weighted by Crippen LogP contribution is 2.31. The van der Waals surface area contributed by atoms with Crippen LogP contribution in [0, 0.1) is 0 Å². The predicted octanol–water partition coefficient (Wildman–Crippen LogP) is 4.02. The fourth-order valence-electron chi connectivity index (χ4n) is 3.75. The summed E-state index contributed by atoms with van der Waals surface area (Å²) < 4.78 is 7.37. The van der Waals surface area contributed by atoms with E-state index in [1.165, 1.54) is 22.1 Å². The number of piperidine rings is 1. The molecule has 1 aliphatic heterocycles. The number of carbonyl (C=O) groups is 2. The molecule has 1 saturated heterocycles. The number of carboxylic acid groups (broad SMARTS) is 1. The molecule has 178 valence electrons. The van der Waals surface area contributed by atoms with Gasteiger partial charge < -0.3 is 19.8 Å². The third-order valence-electron chi connectivity index (χ3n) is 5.51. The largest absolute Gasteiger partial charge is 0.476 e. The van der Waals surface area contributed by atoms with E-state index in [1.54, 1.807) is 12.1 Å². The number of hydrogen-bond acceptors (Lipinski definition) is 7. The fourth-order valence-corrected chi connectivity index (χ4v) is 4.74. The molecule has 1 fully saturated rings. The molecule has 0 bridgehead atoms. The van der Waals surface area contributed by atoms with Crippen LogP contribution < -0.4 is 5.32 Å². The van der Waals surface area contributed by atoms with Crippen molar-refractivity contribution in [1.29, 1.82) is 0 Å². The molecule has 12 heteroatoms. The number of amides is 1. The van der Waals surface area contributed by atoms with E-state index in [1.807, 2.05) is 6.07 Å². The van der Waals surface area contributed by atoms with Gasteiger partial charge in [0.2, 0.25) is 0 Å².